The van der Waals surface area contributed by atoms with E-state index in [2.05, 4.69) is 41.5 Å². The first-order chi connectivity index (χ1) is 11.1. The number of hydrogen-bond donors (Lipinski definition) is 1. The molecule has 0 spiro atoms. The summed E-state index contributed by atoms with van der Waals surface area (Å²) in [6.07, 6.45) is 0. The van der Waals surface area contributed by atoms with E-state index in [0.717, 1.165) is 20.0 Å². The molecule has 1 N–H and O–H groups in total. The van der Waals surface area contributed by atoms with Crippen LogP contribution in [0.2, 0.25) is 0 Å². The van der Waals surface area contributed by atoms with Crippen molar-refractivity contribution >= 4 is 51.0 Å². The third-order valence-corrected chi connectivity index (χ3v) is 6.04. The summed E-state index contributed by atoms with van der Waals surface area (Å²) in [6, 6.07) is 9.96. The lowest BCUT2D eigenvalue weighted by molar-refractivity contribution is 0.102. The average molecular weight is 362 g/mol. The Morgan fingerprint density at radius 2 is 2.13 bits per heavy atom. The van der Waals surface area contributed by atoms with Crippen LogP contribution in [0.1, 0.15) is 20.8 Å². The van der Waals surface area contributed by atoms with E-state index in [-0.39, 0.29) is 5.78 Å². The molecule has 3 rings (SSSR count). The fraction of sp³-hybridized carbons (Fsp3) is 0.188. The van der Waals surface area contributed by atoms with Crippen molar-refractivity contribution in [2.24, 2.45) is 0 Å². The Bertz CT molecular complexity index is 812. The number of thioether (sulfide) groups is 1. The molecule has 2 heterocycles. The molecule has 0 fully saturated rings. The van der Waals surface area contributed by atoms with Crippen molar-refractivity contribution in [3.63, 3.8) is 0 Å². The second kappa shape index (κ2) is 7.25. The molecule has 2 aromatic heterocycles. The Morgan fingerprint density at radius 1 is 1.26 bits per heavy atom. The molecule has 0 atom stereocenters. The number of hydrogen-bond acceptors (Lipinski definition) is 7. The predicted octanol–water partition coefficient (Wildman–Crippen LogP) is 4.94. The van der Waals surface area contributed by atoms with E-state index >= 15 is 0 Å². The fourth-order valence-corrected chi connectivity index (χ4v) is 4.43. The van der Waals surface area contributed by atoms with Crippen molar-refractivity contribution in [2.75, 3.05) is 11.1 Å². The molecule has 4 nitrogen and oxygen atoms in total. The molecular formula is C16H15N3OS3. The van der Waals surface area contributed by atoms with Crippen LogP contribution in [0.5, 0.6) is 0 Å². The zero-order valence-electron chi connectivity index (χ0n) is 12.7. The molecule has 0 amide bonds. The van der Waals surface area contributed by atoms with Crippen LogP contribution < -0.4 is 5.32 Å². The van der Waals surface area contributed by atoms with E-state index in [1.54, 1.807) is 0 Å². The summed E-state index contributed by atoms with van der Waals surface area (Å²) in [5.41, 5.74) is 3.42. The minimum atomic E-state index is 0.129. The SMILES string of the molecule is Cc1ccc(Nc2nnc(SCC(=O)c3cccs3)s2)c(C)c1. The van der Waals surface area contributed by atoms with Gasteiger partial charge in [-0.3, -0.25) is 4.79 Å². The quantitative estimate of drug-likeness (QED) is 0.498. The molecule has 3 aromatic rings. The van der Waals surface area contributed by atoms with Crippen LogP contribution in [0, 0.1) is 13.8 Å². The zero-order chi connectivity index (χ0) is 16.2. The Hall–Kier alpha value is -1.70. The second-order valence-electron chi connectivity index (χ2n) is 5.01. The third kappa shape index (κ3) is 4.19. The van der Waals surface area contributed by atoms with Crippen LogP contribution in [-0.4, -0.2) is 21.7 Å². The van der Waals surface area contributed by atoms with Gasteiger partial charge in [-0.1, -0.05) is 46.9 Å². The molecule has 0 unspecified atom stereocenters. The summed E-state index contributed by atoms with van der Waals surface area (Å²) in [4.78, 5) is 12.8. The maximum absolute atomic E-state index is 12.0. The molecule has 0 bridgehead atoms. The minimum Gasteiger partial charge on any atom is -0.330 e. The van der Waals surface area contributed by atoms with Crippen molar-refractivity contribution in [2.45, 2.75) is 18.2 Å². The van der Waals surface area contributed by atoms with Gasteiger partial charge in [-0.05, 0) is 36.9 Å². The van der Waals surface area contributed by atoms with Gasteiger partial charge < -0.3 is 5.32 Å². The highest BCUT2D eigenvalue weighted by atomic mass is 32.2. The molecule has 0 saturated carbocycles. The van der Waals surface area contributed by atoms with Crippen LogP contribution in [0.4, 0.5) is 10.8 Å². The zero-order valence-corrected chi connectivity index (χ0v) is 15.1. The Labute approximate surface area is 147 Å². The minimum absolute atomic E-state index is 0.129. The maximum Gasteiger partial charge on any atom is 0.210 e. The first kappa shape index (κ1) is 16.2. The summed E-state index contributed by atoms with van der Waals surface area (Å²) in [5, 5.41) is 14.2. The van der Waals surface area contributed by atoms with Crippen LogP contribution in [0.3, 0.4) is 0 Å². The van der Waals surface area contributed by atoms with E-state index in [1.807, 2.05) is 23.6 Å². The average Bonchev–Trinajstić information content (AvgIpc) is 3.19. The molecule has 118 valence electrons. The van der Waals surface area contributed by atoms with E-state index in [4.69, 9.17) is 0 Å². The highest BCUT2D eigenvalue weighted by molar-refractivity contribution is 8.01. The van der Waals surface area contributed by atoms with Gasteiger partial charge in [0.05, 0.1) is 10.6 Å². The number of ketones is 1. The van der Waals surface area contributed by atoms with Crippen molar-refractivity contribution in [1.82, 2.24) is 10.2 Å². The molecule has 0 aliphatic carbocycles. The van der Waals surface area contributed by atoms with Gasteiger partial charge in [0, 0.05) is 5.69 Å². The standard InChI is InChI=1S/C16H15N3OS3/c1-10-5-6-12(11(2)8-10)17-15-18-19-16(23-15)22-9-13(20)14-4-3-7-21-14/h3-8H,9H2,1-2H3,(H,17,18). The molecule has 0 radical (unpaired) electrons. The fourth-order valence-electron chi connectivity index (χ4n) is 2.02. The number of nitrogens with one attached hydrogen (secondary N) is 1. The number of carbonyl (C=O) groups excluding carboxylic acids is 1. The van der Waals surface area contributed by atoms with Crippen LogP contribution >= 0.6 is 34.4 Å². The molecule has 0 saturated heterocycles. The lowest BCUT2D eigenvalue weighted by Crippen LogP contribution is -1.98. The molecule has 1 aromatic carbocycles. The number of thiophene rings is 1. The number of carbonyl (C=O) groups is 1. The summed E-state index contributed by atoms with van der Waals surface area (Å²) in [6.45, 7) is 4.13. The van der Waals surface area contributed by atoms with E-state index < -0.39 is 0 Å². The summed E-state index contributed by atoms with van der Waals surface area (Å²) in [5.74, 6) is 0.516. The van der Waals surface area contributed by atoms with E-state index in [1.165, 1.54) is 45.6 Å². The van der Waals surface area contributed by atoms with Gasteiger partial charge in [-0.2, -0.15) is 0 Å². The lowest BCUT2D eigenvalue weighted by atomic mass is 10.1. The number of benzene rings is 1. The van der Waals surface area contributed by atoms with E-state index in [0.29, 0.717) is 5.75 Å². The van der Waals surface area contributed by atoms with Crippen molar-refractivity contribution in [3.8, 4) is 0 Å². The van der Waals surface area contributed by atoms with E-state index in [9.17, 15) is 4.79 Å². The number of rotatable bonds is 6. The number of nitrogens with zero attached hydrogens (tertiary/aromatic N) is 2. The van der Waals surface area contributed by atoms with Crippen molar-refractivity contribution in [3.05, 3.63) is 51.7 Å². The first-order valence-corrected chi connectivity index (χ1v) is 9.67. The molecule has 0 aliphatic rings. The first-order valence-electron chi connectivity index (χ1n) is 6.99. The van der Waals surface area contributed by atoms with Crippen LogP contribution in [0.15, 0.2) is 40.1 Å². The number of anilines is 2. The molecule has 7 heteroatoms. The maximum atomic E-state index is 12.0. The normalized spacial score (nSPS) is 10.7. The summed E-state index contributed by atoms with van der Waals surface area (Å²) < 4.78 is 0.794. The third-order valence-electron chi connectivity index (χ3n) is 3.15. The van der Waals surface area contributed by atoms with Gasteiger partial charge in [-0.25, -0.2) is 0 Å². The Balaban J connectivity index is 1.60. The summed E-state index contributed by atoms with van der Waals surface area (Å²) in [7, 11) is 0. The van der Waals surface area contributed by atoms with Gasteiger partial charge >= 0.3 is 0 Å². The molecule has 23 heavy (non-hydrogen) atoms. The lowest BCUT2D eigenvalue weighted by Gasteiger charge is -2.06. The highest BCUT2D eigenvalue weighted by Crippen LogP contribution is 2.29. The van der Waals surface area contributed by atoms with Gasteiger partial charge in [0.2, 0.25) is 5.13 Å². The summed E-state index contributed by atoms with van der Waals surface area (Å²) >= 11 is 4.36. The Kier molecular flexibility index (Phi) is 5.09. The highest BCUT2D eigenvalue weighted by Gasteiger charge is 2.11. The number of aromatic nitrogens is 2. The molecule has 0 aliphatic heterocycles. The monoisotopic (exact) mass is 361 g/mol. The van der Waals surface area contributed by atoms with Gasteiger partial charge in [-0.15, -0.1) is 21.5 Å². The topological polar surface area (TPSA) is 54.9 Å². The predicted molar refractivity (Wildman–Crippen MR) is 98.5 cm³/mol. The van der Waals surface area contributed by atoms with Gasteiger partial charge in [0.15, 0.2) is 10.1 Å². The smallest absolute Gasteiger partial charge is 0.210 e. The van der Waals surface area contributed by atoms with Gasteiger partial charge in [0.1, 0.15) is 0 Å². The molecular weight excluding hydrogens is 346 g/mol. The van der Waals surface area contributed by atoms with Gasteiger partial charge in [0.25, 0.3) is 0 Å². The van der Waals surface area contributed by atoms with Crippen LogP contribution in [-0.2, 0) is 0 Å². The number of aryl methyl sites for hydroxylation is 2. The largest absolute Gasteiger partial charge is 0.330 e. The van der Waals surface area contributed by atoms with Crippen molar-refractivity contribution in [1.29, 1.82) is 0 Å². The van der Waals surface area contributed by atoms with Crippen LogP contribution in [0.25, 0.3) is 0 Å². The number of Topliss-reactive ketones (excluding diaryl/α,β-unsaturated/α-hetero) is 1. The Morgan fingerprint density at radius 3 is 2.87 bits per heavy atom. The second-order valence-corrected chi connectivity index (χ2v) is 8.15. The van der Waals surface area contributed by atoms with Crippen molar-refractivity contribution < 1.29 is 4.79 Å².